The summed E-state index contributed by atoms with van der Waals surface area (Å²) >= 11 is 0. The van der Waals surface area contributed by atoms with Gasteiger partial charge in [0.25, 0.3) is 11.8 Å². The van der Waals surface area contributed by atoms with Crippen LogP contribution in [0.25, 0.3) is 10.9 Å². The van der Waals surface area contributed by atoms with E-state index < -0.39 is 53.0 Å². The predicted molar refractivity (Wildman–Crippen MR) is 157 cm³/mol. The van der Waals surface area contributed by atoms with Crippen LogP contribution in [0.4, 0.5) is 0 Å². The van der Waals surface area contributed by atoms with E-state index in [1.54, 1.807) is 32.0 Å². The van der Waals surface area contributed by atoms with Crippen LogP contribution in [-0.4, -0.2) is 58.6 Å². The highest BCUT2D eigenvalue weighted by atomic mass is 16.2. The molecule has 41 heavy (non-hydrogen) atoms. The van der Waals surface area contributed by atoms with Crippen molar-refractivity contribution in [1.82, 2.24) is 26.3 Å². The summed E-state index contributed by atoms with van der Waals surface area (Å²) in [6, 6.07) is 5.76. The van der Waals surface area contributed by atoms with Crippen LogP contribution in [0.3, 0.4) is 0 Å². The topological polar surface area (TPSA) is 146 Å². The largest absolute Gasteiger partial charge is 0.347 e. The molecule has 10 nitrogen and oxygen atoms in total. The van der Waals surface area contributed by atoms with Crippen molar-refractivity contribution in [3.8, 4) is 0 Å². The maximum absolute atomic E-state index is 13.4. The Hall–Kier alpha value is -3.82. The molecular formula is C31H43N5O5. The number of hydrogen-bond acceptors (Lipinski definition) is 6. The van der Waals surface area contributed by atoms with Crippen molar-refractivity contribution in [2.75, 3.05) is 0 Å². The number of amides is 4. The van der Waals surface area contributed by atoms with Gasteiger partial charge in [-0.1, -0.05) is 72.1 Å². The van der Waals surface area contributed by atoms with Crippen LogP contribution in [0.2, 0.25) is 0 Å². The van der Waals surface area contributed by atoms with Crippen LogP contribution in [0.15, 0.2) is 36.5 Å². The summed E-state index contributed by atoms with van der Waals surface area (Å²) in [5.74, 6) is -3.34. The molecular weight excluding hydrogens is 522 g/mol. The maximum Gasteiger partial charge on any atom is 0.289 e. The number of para-hydroxylation sites is 1. The normalized spacial score (nSPS) is 16.4. The molecule has 1 fully saturated rings. The van der Waals surface area contributed by atoms with E-state index in [4.69, 9.17) is 0 Å². The summed E-state index contributed by atoms with van der Waals surface area (Å²) in [4.78, 5) is 69.6. The number of hydrogen-bond donors (Lipinski definition) is 4. The van der Waals surface area contributed by atoms with E-state index in [2.05, 4.69) is 26.3 Å². The van der Waals surface area contributed by atoms with Crippen LogP contribution < -0.4 is 21.3 Å². The number of rotatable bonds is 10. The minimum absolute atomic E-state index is 0.0309. The van der Waals surface area contributed by atoms with Crippen molar-refractivity contribution in [2.24, 2.45) is 11.3 Å². The van der Waals surface area contributed by atoms with Crippen molar-refractivity contribution in [1.29, 1.82) is 0 Å². The Morgan fingerprint density at radius 1 is 0.854 bits per heavy atom. The van der Waals surface area contributed by atoms with Crippen LogP contribution in [0, 0.1) is 11.3 Å². The minimum atomic E-state index is -1.04. The van der Waals surface area contributed by atoms with Gasteiger partial charge in [0, 0.05) is 17.6 Å². The Morgan fingerprint density at radius 2 is 1.51 bits per heavy atom. The second kappa shape index (κ2) is 13.7. The van der Waals surface area contributed by atoms with Gasteiger partial charge in [-0.05, 0) is 43.2 Å². The number of Topliss-reactive ketones (excluding diaryl/α,β-unsaturated/α-hetero) is 1. The van der Waals surface area contributed by atoms with Gasteiger partial charge >= 0.3 is 0 Å². The first kappa shape index (κ1) is 31.7. The lowest BCUT2D eigenvalue weighted by atomic mass is 9.85. The van der Waals surface area contributed by atoms with Crippen molar-refractivity contribution in [3.05, 3.63) is 42.1 Å². The molecule has 2 aromatic rings. The molecule has 0 spiro atoms. The van der Waals surface area contributed by atoms with E-state index >= 15 is 0 Å². The number of fused-ring (bicyclic) bond motifs is 1. The van der Waals surface area contributed by atoms with Crippen molar-refractivity contribution in [3.63, 3.8) is 0 Å². The number of benzene rings is 1. The number of nitrogens with one attached hydrogen (secondary N) is 4. The van der Waals surface area contributed by atoms with Crippen LogP contribution in [-0.2, 0) is 19.2 Å². The van der Waals surface area contributed by atoms with Gasteiger partial charge in [0.15, 0.2) is 0 Å². The van der Waals surface area contributed by atoms with Gasteiger partial charge in [0.1, 0.15) is 12.1 Å². The number of carbonyl (C=O) groups is 5. The molecule has 1 saturated carbocycles. The van der Waals surface area contributed by atoms with Gasteiger partial charge in [-0.3, -0.25) is 29.0 Å². The van der Waals surface area contributed by atoms with Gasteiger partial charge in [-0.15, -0.1) is 0 Å². The Kier molecular flexibility index (Phi) is 10.6. The van der Waals surface area contributed by atoms with Gasteiger partial charge in [-0.2, -0.15) is 0 Å². The average molecular weight is 566 g/mol. The fourth-order valence-electron chi connectivity index (χ4n) is 5.00. The second-order valence-electron chi connectivity index (χ2n) is 12.3. The van der Waals surface area contributed by atoms with E-state index in [1.165, 1.54) is 13.1 Å². The summed E-state index contributed by atoms with van der Waals surface area (Å²) < 4.78 is 0. The van der Waals surface area contributed by atoms with Gasteiger partial charge < -0.3 is 21.3 Å². The summed E-state index contributed by atoms with van der Waals surface area (Å²) in [5.41, 5.74) is 0.351. The minimum Gasteiger partial charge on any atom is -0.347 e. The van der Waals surface area contributed by atoms with Gasteiger partial charge in [-0.25, -0.2) is 0 Å². The standard InChI is InChI=1S/C31H43N5O5/c1-18(2)24(25(37)29(40)34-20-12-8-7-9-13-20)35-27(38)19(3)33-30(41)26(31(4,5)6)36-28(39)22-16-17-32-23-15-11-10-14-21(22)23/h10-11,14-20,24,26H,7-9,12-13H2,1-6H3,(H,33,41)(H,34,40)(H,35,38)(H,36,39)/t19-,24?,26+/m0/s1. The summed E-state index contributed by atoms with van der Waals surface area (Å²) in [6.07, 6.45) is 6.35. The lowest BCUT2D eigenvalue weighted by Crippen LogP contribution is -2.59. The van der Waals surface area contributed by atoms with E-state index in [1.807, 2.05) is 32.9 Å². The third-order valence-corrected chi connectivity index (χ3v) is 7.46. The molecule has 1 heterocycles. The molecule has 4 N–H and O–H groups in total. The van der Waals surface area contributed by atoms with Crippen LogP contribution >= 0.6 is 0 Å². The smallest absolute Gasteiger partial charge is 0.289 e. The molecule has 3 rings (SSSR count). The zero-order chi connectivity index (χ0) is 30.3. The van der Waals surface area contributed by atoms with Crippen molar-refractivity contribution >= 4 is 40.3 Å². The molecule has 0 radical (unpaired) electrons. The van der Waals surface area contributed by atoms with Gasteiger partial charge in [0.05, 0.1) is 17.1 Å². The molecule has 1 unspecified atom stereocenters. The zero-order valence-electron chi connectivity index (χ0n) is 24.9. The summed E-state index contributed by atoms with van der Waals surface area (Å²) in [6.45, 7) is 10.4. The molecule has 3 atom stereocenters. The first-order chi connectivity index (χ1) is 19.3. The number of nitrogens with zero attached hydrogens (tertiary/aromatic N) is 1. The predicted octanol–water partition coefficient (Wildman–Crippen LogP) is 3.04. The Morgan fingerprint density at radius 3 is 2.15 bits per heavy atom. The molecule has 1 aliphatic rings. The summed E-state index contributed by atoms with van der Waals surface area (Å²) in [5, 5.41) is 11.6. The molecule has 0 aliphatic heterocycles. The number of carbonyl (C=O) groups excluding carboxylic acids is 5. The molecule has 10 heteroatoms. The molecule has 4 amide bonds. The van der Waals surface area contributed by atoms with E-state index in [9.17, 15) is 24.0 Å². The Balaban J connectivity index is 1.66. The fourth-order valence-corrected chi connectivity index (χ4v) is 5.00. The zero-order valence-corrected chi connectivity index (χ0v) is 24.9. The lowest BCUT2D eigenvalue weighted by molar-refractivity contribution is -0.141. The molecule has 1 aromatic carbocycles. The Bertz CT molecular complexity index is 1270. The van der Waals surface area contributed by atoms with Crippen molar-refractivity contribution < 1.29 is 24.0 Å². The third kappa shape index (κ3) is 8.34. The fraction of sp³-hybridized carbons (Fsp3) is 0.548. The van der Waals surface area contributed by atoms with Crippen LogP contribution in [0.1, 0.15) is 84.0 Å². The highest BCUT2D eigenvalue weighted by molar-refractivity contribution is 6.38. The maximum atomic E-state index is 13.4. The highest BCUT2D eigenvalue weighted by Gasteiger charge is 2.36. The third-order valence-electron chi connectivity index (χ3n) is 7.46. The molecule has 1 aromatic heterocycles. The highest BCUT2D eigenvalue weighted by Crippen LogP contribution is 2.22. The first-order valence-corrected chi connectivity index (χ1v) is 14.4. The molecule has 222 valence electrons. The summed E-state index contributed by atoms with van der Waals surface area (Å²) in [7, 11) is 0. The van der Waals surface area contributed by atoms with E-state index in [-0.39, 0.29) is 12.0 Å². The van der Waals surface area contributed by atoms with Crippen LogP contribution in [0.5, 0.6) is 0 Å². The SMILES string of the molecule is CC(C)C(NC(=O)[C@H](C)NC(=O)[C@@H](NC(=O)c1ccnc2ccccc12)C(C)(C)C)C(=O)C(=O)NC1CCCCC1. The molecule has 1 aliphatic carbocycles. The number of ketones is 1. The molecule has 0 bridgehead atoms. The Labute approximate surface area is 241 Å². The monoisotopic (exact) mass is 565 g/mol. The average Bonchev–Trinajstić information content (AvgIpc) is 2.93. The second-order valence-corrected chi connectivity index (χ2v) is 12.3. The van der Waals surface area contributed by atoms with Crippen molar-refractivity contribution in [2.45, 2.75) is 97.8 Å². The first-order valence-electron chi connectivity index (χ1n) is 14.4. The quantitative estimate of drug-likeness (QED) is 0.326. The van der Waals surface area contributed by atoms with E-state index in [0.717, 1.165) is 32.1 Å². The van der Waals surface area contributed by atoms with Gasteiger partial charge in [0.2, 0.25) is 17.6 Å². The van der Waals surface area contributed by atoms with E-state index in [0.29, 0.717) is 16.5 Å². The lowest BCUT2D eigenvalue weighted by Gasteiger charge is -2.31. The number of aromatic nitrogens is 1. The molecule has 0 saturated heterocycles. The number of pyridine rings is 1.